The molecular weight excluding hydrogens is 151 g/mol. The molecule has 0 N–H and O–H groups in total. The van der Waals surface area contributed by atoms with Gasteiger partial charge >= 0.3 is 7.60 Å². The summed E-state index contributed by atoms with van der Waals surface area (Å²) in [6, 6.07) is 0. The zero-order valence-electron chi connectivity index (χ0n) is 6.96. The summed E-state index contributed by atoms with van der Waals surface area (Å²) >= 11 is 0. The Balaban J connectivity index is 3.77. The van der Waals surface area contributed by atoms with Crippen LogP contribution in [0.15, 0.2) is 0 Å². The fraction of sp³-hybridized carbons (Fsp3) is 1.00. The lowest BCUT2D eigenvalue weighted by Gasteiger charge is -2.15. The Labute approximate surface area is 62.3 Å². The molecule has 0 amide bonds. The minimum atomic E-state index is -2.75. The first-order valence-electron chi connectivity index (χ1n) is 3.33. The number of hydrogen-bond donors (Lipinski definition) is 0. The summed E-state index contributed by atoms with van der Waals surface area (Å²) in [6.07, 6.45) is 0.858. The predicted molar refractivity (Wildman–Crippen MR) is 41.4 cm³/mol. The molecule has 0 fully saturated rings. The van der Waals surface area contributed by atoms with Gasteiger partial charge < -0.3 is 9.05 Å². The Bertz CT molecular complexity index is 135. The van der Waals surface area contributed by atoms with Crippen molar-refractivity contribution in [2.45, 2.75) is 26.4 Å². The smallest absolute Gasteiger partial charge is 0.312 e. The van der Waals surface area contributed by atoms with Crippen molar-refractivity contribution in [2.24, 2.45) is 0 Å². The second-order valence-electron chi connectivity index (χ2n) is 2.28. The van der Waals surface area contributed by atoms with Gasteiger partial charge in [-0.2, -0.15) is 0 Å². The molecule has 0 aromatic rings. The predicted octanol–water partition coefficient (Wildman–Crippen LogP) is 2.27. The molecular formula is C6H15O3P. The lowest BCUT2D eigenvalue weighted by molar-refractivity contribution is 0.175. The van der Waals surface area contributed by atoms with E-state index in [1.54, 1.807) is 0 Å². The fourth-order valence-electron chi connectivity index (χ4n) is 0.444. The van der Waals surface area contributed by atoms with Gasteiger partial charge in [0, 0.05) is 13.8 Å². The molecule has 0 aromatic heterocycles. The lowest BCUT2D eigenvalue weighted by Crippen LogP contribution is -2.04. The van der Waals surface area contributed by atoms with Gasteiger partial charge in [-0.1, -0.05) is 6.92 Å². The van der Waals surface area contributed by atoms with E-state index in [0.717, 1.165) is 6.42 Å². The van der Waals surface area contributed by atoms with Gasteiger partial charge in [-0.3, -0.25) is 4.57 Å². The molecule has 4 heteroatoms. The van der Waals surface area contributed by atoms with E-state index in [4.69, 9.17) is 4.52 Å². The van der Waals surface area contributed by atoms with Crippen molar-refractivity contribution < 1.29 is 13.6 Å². The molecule has 62 valence electrons. The summed E-state index contributed by atoms with van der Waals surface area (Å²) in [5.41, 5.74) is 0. The molecule has 3 nitrogen and oxygen atoms in total. The molecule has 0 saturated carbocycles. The van der Waals surface area contributed by atoms with Gasteiger partial charge in [0.05, 0.1) is 6.10 Å². The molecule has 0 aromatic carbocycles. The van der Waals surface area contributed by atoms with Gasteiger partial charge in [0.15, 0.2) is 0 Å². The van der Waals surface area contributed by atoms with Gasteiger partial charge in [0.1, 0.15) is 0 Å². The van der Waals surface area contributed by atoms with E-state index in [-0.39, 0.29) is 6.10 Å². The lowest BCUT2D eigenvalue weighted by atomic mass is 10.3. The van der Waals surface area contributed by atoms with Crippen LogP contribution in [0.5, 0.6) is 0 Å². The highest BCUT2D eigenvalue weighted by Gasteiger charge is 2.16. The van der Waals surface area contributed by atoms with Crippen LogP contribution in [0.4, 0.5) is 0 Å². The van der Waals surface area contributed by atoms with Crippen LogP contribution >= 0.6 is 7.60 Å². The summed E-state index contributed by atoms with van der Waals surface area (Å²) in [4.78, 5) is 0. The highest BCUT2D eigenvalue weighted by Crippen LogP contribution is 2.44. The molecule has 0 aliphatic heterocycles. The van der Waals surface area contributed by atoms with Crippen LogP contribution in [0, 0.1) is 0 Å². The van der Waals surface area contributed by atoms with E-state index in [0.29, 0.717) is 0 Å². The second kappa shape index (κ2) is 4.12. The van der Waals surface area contributed by atoms with Gasteiger partial charge in [-0.25, -0.2) is 0 Å². The van der Waals surface area contributed by atoms with Crippen molar-refractivity contribution in [3.05, 3.63) is 0 Å². The van der Waals surface area contributed by atoms with E-state index in [9.17, 15) is 4.57 Å². The van der Waals surface area contributed by atoms with E-state index in [1.165, 1.54) is 13.8 Å². The van der Waals surface area contributed by atoms with E-state index in [2.05, 4.69) is 4.52 Å². The quantitative estimate of drug-likeness (QED) is 0.601. The minimum absolute atomic E-state index is 0.00998. The topological polar surface area (TPSA) is 35.5 Å². The summed E-state index contributed by atoms with van der Waals surface area (Å²) in [6.45, 7) is 5.31. The third-order valence-electron chi connectivity index (χ3n) is 1.28. The van der Waals surface area contributed by atoms with Gasteiger partial charge in [0.25, 0.3) is 0 Å². The van der Waals surface area contributed by atoms with Crippen molar-refractivity contribution in [3.63, 3.8) is 0 Å². The molecule has 0 bridgehead atoms. The maximum Gasteiger partial charge on any atom is 0.327 e. The van der Waals surface area contributed by atoms with Crippen LogP contribution in [0.25, 0.3) is 0 Å². The van der Waals surface area contributed by atoms with Crippen LogP contribution in [-0.2, 0) is 13.6 Å². The SMILES string of the molecule is CCC(C)OP(C)(=O)OC. The highest BCUT2D eigenvalue weighted by atomic mass is 31.2. The van der Waals surface area contributed by atoms with Crippen LogP contribution in [0.2, 0.25) is 0 Å². The molecule has 0 saturated heterocycles. The zero-order valence-corrected chi connectivity index (χ0v) is 7.85. The third kappa shape index (κ3) is 4.04. The standard InChI is InChI=1S/C6H15O3P/c1-5-6(2)9-10(4,7)8-3/h6H,5H2,1-4H3. The van der Waals surface area contributed by atoms with Gasteiger partial charge in [-0.15, -0.1) is 0 Å². The average molecular weight is 166 g/mol. The summed E-state index contributed by atoms with van der Waals surface area (Å²) in [7, 11) is -1.35. The molecule has 0 rings (SSSR count). The molecule has 10 heavy (non-hydrogen) atoms. The summed E-state index contributed by atoms with van der Waals surface area (Å²) in [5, 5.41) is 0. The first kappa shape index (κ1) is 10.2. The van der Waals surface area contributed by atoms with E-state index < -0.39 is 7.60 Å². The van der Waals surface area contributed by atoms with Crippen molar-refractivity contribution in [3.8, 4) is 0 Å². The first-order valence-corrected chi connectivity index (χ1v) is 5.32. The van der Waals surface area contributed by atoms with E-state index in [1.807, 2.05) is 13.8 Å². The second-order valence-corrected chi connectivity index (χ2v) is 4.40. The molecule has 2 atom stereocenters. The van der Waals surface area contributed by atoms with Crippen LogP contribution in [0.3, 0.4) is 0 Å². The number of hydrogen-bond acceptors (Lipinski definition) is 3. The van der Waals surface area contributed by atoms with Crippen LogP contribution < -0.4 is 0 Å². The Morgan fingerprint density at radius 3 is 2.40 bits per heavy atom. The van der Waals surface area contributed by atoms with Crippen molar-refractivity contribution in [1.29, 1.82) is 0 Å². The highest BCUT2D eigenvalue weighted by molar-refractivity contribution is 7.52. The maximum atomic E-state index is 11.1. The fourth-order valence-corrected chi connectivity index (χ4v) is 1.33. The molecule has 0 heterocycles. The Morgan fingerprint density at radius 1 is 1.60 bits per heavy atom. The Hall–Kier alpha value is 0.150. The number of rotatable bonds is 4. The summed E-state index contributed by atoms with van der Waals surface area (Å²) < 4.78 is 20.8. The van der Waals surface area contributed by atoms with Gasteiger partial charge in [-0.05, 0) is 13.3 Å². The molecule has 0 aliphatic carbocycles. The average Bonchev–Trinajstić information content (AvgIpc) is 1.87. The van der Waals surface area contributed by atoms with Gasteiger partial charge in [0.2, 0.25) is 0 Å². The van der Waals surface area contributed by atoms with Crippen LogP contribution in [-0.4, -0.2) is 19.9 Å². The Morgan fingerprint density at radius 2 is 2.10 bits per heavy atom. The molecule has 2 unspecified atom stereocenters. The largest absolute Gasteiger partial charge is 0.327 e. The first-order chi connectivity index (χ1) is 4.52. The third-order valence-corrected chi connectivity index (χ3v) is 2.68. The van der Waals surface area contributed by atoms with Crippen molar-refractivity contribution in [2.75, 3.05) is 13.8 Å². The van der Waals surface area contributed by atoms with E-state index >= 15 is 0 Å². The normalized spacial score (nSPS) is 20.0. The van der Waals surface area contributed by atoms with Crippen LogP contribution in [0.1, 0.15) is 20.3 Å². The van der Waals surface area contributed by atoms with Crippen molar-refractivity contribution >= 4 is 7.60 Å². The monoisotopic (exact) mass is 166 g/mol. The zero-order chi connectivity index (χ0) is 8.20. The molecule has 0 spiro atoms. The molecule has 0 radical (unpaired) electrons. The van der Waals surface area contributed by atoms with Crippen molar-refractivity contribution in [1.82, 2.24) is 0 Å². The molecule has 0 aliphatic rings. The maximum absolute atomic E-state index is 11.1. The Kier molecular flexibility index (Phi) is 4.18. The minimum Gasteiger partial charge on any atom is -0.312 e. The summed E-state index contributed by atoms with van der Waals surface area (Å²) in [5.74, 6) is 0.